The van der Waals surface area contributed by atoms with Crippen LogP contribution in [0.1, 0.15) is 43.8 Å². The molecule has 0 bridgehead atoms. The lowest BCUT2D eigenvalue weighted by Gasteiger charge is -2.24. The molecular formula is C40H36BPS2. The summed E-state index contributed by atoms with van der Waals surface area (Å²) in [6.45, 7) is 13.7. The van der Waals surface area contributed by atoms with Gasteiger partial charge in [0.15, 0.2) is 0 Å². The van der Waals surface area contributed by atoms with Crippen molar-refractivity contribution >= 4 is 84.4 Å². The van der Waals surface area contributed by atoms with Crippen LogP contribution < -0.4 is 26.3 Å². The van der Waals surface area contributed by atoms with Crippen LogP contribution >= 0.6 is 17.4 Å². The third kappa shape index (κ3) is 4.78. The molecule has 0 saturated heterocycles. The first-order valence-corrected chi connectivity index (χ1v) is 18.9. The smallest absolute Gasteiger partial charge is 0.149 e. The lowest BCUT2D eigenvalue weighted by molar-refractivity contribution is 1.34. The first-order valence-electron chi connectivity index (χ1n) is 15.3. The molecule has 4 heteroatoms. The van der Waals surface area contributed by atoms with E-state index in [0.717, 1.165) is 0 Å². The summed E-state index contributed by atoms with van der Waals surface area (Å²) in [5, 5.41) is 6.41. The Morgan fingerprint density at radius 3 is 1.68 bits per heavy atom. The molecule has 44 heavy (non-hydrogen) atoms. The van der Waals surface area contributed by atoms with Crippen LogP contribution in [0, 0.1) is 41.5 Å². The molecule has 0 saturated carbocycles. The second-order valence-corrected chi connectivity index (χ2v) is 17.9. The molecule has 0 aliphatic carbocycles. The SMILES string of the molecule is Cc1cc(C)c(B(c2ccc(C3=Cc4cc5ccccc5cc4P3(=S)c3ccccc3)s2)c2c(C)cc(C)cc2C)c(C)c1. The molecule has 1 aliphatic heterocycles. The maximum absolute atomic E-state index is 6.88. The van der Waals surface area contributed by atoms with Gasteiger partial charge in [0.05, 0.1) is 0 Å². The van der Waals surface area contributed by atoms with Crippen LogP contribution in [-0.2, 0) is 11.8 Å². The molecule has 1 aromatic heterocycles. The monoisotopic (exact) mass is 622 g/mol. The van der Waals surface area contributed by atoms with Gasteiger partial charge in [-0.15, -0.1) is 11.3 Å². The molecule has 0 fully saturated rings. The maximum atomic E-state index is 6.88. The van der Waals surface area contributed by atoms with Gasteiger partial charge in [-0.1, -0.05) is 141 Å². The van der Waals surface area contributed by atoms with Gasteiger partial charge in [0.2, 0.25) is 0 Å². The molecule has 5 aromatic carbocycles. The van der Waals surface area contributed by atoms with E-state index in [-0.39, 0.29) is 6.71 Å². The zero-order chi connectivity index (χ0) is 30.7. The first-order chi connectivity index (χ1) is 21.1. The van der Waals surface area contributed by atoms with E-state index in [1.54, 1.807) is 0 Å². The van der Waals surface area contributed by atoms with Gasteiger partial charge in [0.1, 0.15) is 0 Å². The number of aryl methyl sites for hydroxylation is 6. The van der Waals surface area contributed by atoms with E-state index >= 15 is 0 Å². The predicted molar refractivity (Wildman–Crippen MR) is 202 cm³/mol. The van der Waals surface area contributed by atoms with E-state index in [2.05, 4.69) is 151 Å². The molecule has 1 atom stereocenters. The topological polar surface area (TPSA) is 0 Å². The average molecular weight is 623 g/mol. The Hall–Kier alpha value is -3.49. The van der Waals surface area contributed by atoms with Crippen molar-refractivity contribution in [2.75, 3.05) is 0 Å². The zero-order valence-electron chi connectivity index (χ0n) is 26.2. The van der Waals surface area contributed by atoms with Gasteiger partial charge in [-0.3, -0.25) is 0 Å². The quantitative estimate of drug-likeness (QED) is 0.138. The van der Waals surface area contributed by atoms with E-state index in [1.807, 2.05) is 11.3 Å². The highest BCUT2D eigenvalue weighted by Gasteiger charge is 2.37. The summed E-state index contributed by atoms with van der Waals surface area (Å²) >= 11 is 8.81. The number of hydrogen-bond donors (Lipinski definition) is 0. The summed E-state index contributed by atoms with van der Waals surface area (Å²) in [6, 6.07) is 36.1. The normalized spacial score (nSPS) is 15.8. The summed E-state index contributed by atoms with van der Waals surface area (Å²) < 4.78 is 1.38. The fraction of sp³-hybridized carbons (Fsp3) is 0.150. The van der Waals surface area contributed by atoms with Gasteiger partial charge in [0.25, 0.3) is 6.71 Å². The molecule has 0 amide bonds. The van der Waals surface area contributed by atoms with Crippen LogP contribution in [0.5, 0.6) is 0 Å². The largest absolute Gasteiger partial charge is 0.255 e. The Morgan fingerprint density at radius 2 is 1.11 bits per heavy atom. The fourth-order valence-corrected chi connectivity index (χ4v) is 13.5. The van der Waals surface area contributed by atoms with E-state index < -0.39 is 6.04 Å². The lowest BCUT2D eigenvalue weighted by atomic mass is 9.37. The Kier molecular flexibility index (Phi) is 7.41. The third-order valence-electron chi connectivity index (χ3n) is 9.20. The van der Waals surface area contributed by atoms with Crippen LogP contribution in [0.3, 0.4) is 0 Å². The van der Waals surface area contributed by atoms with Crippen molar-refractivity contribution in [1.29, 1.82) is 0 Å². The van der Waals surface area contributed by atoms with Gasteiger partial charge in [-0.25, -0.2) is 0 Å². The highest BCUT2D eigenvalue weighted by Crippen LogP contribution is 2.62. The summed E-state index contributed by atoms with van der Waals surface area (Å²) in [5.41, 5.74) is 12.2. The standard InChI is InChI=1S/C40H36BPS2/c1-25-18-27(3)39(28(4)19-25)41(40-29(5)20-26(2)21-30(40)6)38-17-16-37(44-38)36-24-33-22-31-12-10-11-13-32(31)23-35(33)42(36,43)34-14-8-7-9-15-34/h7-24H,1-6H3. The molecule has 1 unspecified atom stereocenters. The van der Waals surface area contributed by atoms with Gasteiger partial charge in [0, 0.05) is 21.5 Å². The maximum Gasteiger partial charge on any atom is 0.255 e. The first kappa shape index (κ1) is 29.2. The highest BCUT2D eigenvalue weighted by molar-refractivity contribution is 8.27. The van der Waals surface area contributed by atoms with Crippen molar-refractivity contribution in [1.82, 2.24) is 0 Å². The van der Waals surface area contributed by atoms with Gasteiger partial charge >= 0.3 is 0 Å². The second kappa shape index (κ2) is 11.1. The summed E-state index contributed by atoms with van der Waals surface area (Å²) in [6.07, 6.45) is 2.41. The minimum atomic E-state index is -2.26. The van der Waals surface area contributed by atoms with E-state index in [4.69, 9.17) is 11.8 Å². The Balaban J connectivity index is 1.45. The Labute approximate surface area is 271 Å². The number of thiophene rings is 1. The van der Waals surface area contributed by atoms with Crippen LogP contribution in [-0.4, -0.2) is 6.71 Å². The molecular weight excluding hydrogens is 586 g/mol. The molecule has 0 radical (unpaired) electrons. The molecule has 216 valence electrons. The fourth-order valence-electron chi connectivity index (χ4n) is 7.51. The molecule has 6 aromatic rings. The molecule has 1 aliphatic rings. The van der Waals surface area contributed by atoms with Gasteiger partial charge in [-0.05, 0) is 92.2 Å². The third-order valence-corrected chi connectivity index (χ3v) is 15.5. The summed E-state index contributed by atoms with van der Waals surface area (Å²) in [4.78, 5) is 1.29. The summed E-state index contributed by atoms with van der Waals surface area (Å²) in [7, 11) is 0. The van der Waals surface area contributed by atoms with Crippen LogP contribution in [0.2, 0.25) is 0 Å². The molecule has 7 rings (SSSR count). The minimum absolute atomic E-state index is 0.163. The number of rotatable bonds is 5. The lowest BCUT2D eigenvalue weighted by Crippen LogP contribution is -2.54. The Morgan fingerprint density at radius 1 is 0.591 bits per heavy atom. The highest BCUT2D eigenvalue weighted by atomic mass is 32.4. The second-order valence-electron chi connectivity index (χ2n) is 12.5. The van der Waals surface area contributed by atoms with Crippen molar-refractivity contribution in [3.8, 4) is 0 Å². The van der Waals surface area contributed by atoms with Crippen molar-refractivity contribution in [3.63, 3.8) is 0 Å². The van der Waals surface area contributed by atoms with E-state index in [0.29, 0.717) is 0 Å². The van der Waals surface area contributed by atoms with Crippen molar-refractivity contribution < 1.29 is 0 Å². The zero-order valence-corrected chi connectivity index (χ0v) is 28.8. The number of benzene rings is 5. The Bertz CT molecular complexity index is 2070. The minimum Gasteiger partial charge on any atom is -0.149 e. The van der Waals surface area contributed by atoms with Gasteiger partial charge in [-0.2, -0.15) is 0 Å². The van der Waals surface area contributed by atoms with Crippen molar-refractivity contribution in [3.05, 3.63) is 147 Å². The predicted octanol–water partition coefficient (Wildman–Crippen LogP) is 8.21. The van der Waals surface area contributed by atoms with Crippen molar-refractivity contribution in [2.24, 2.45) is 0 Å². The van der Waals surface area contributed by atoms with Crippen LogP contribution in [0.4, 0.5) is 0 Å². The van der Waals surface area contributed by atoms with E-state index in [9.17, 15) is 0 Å². The van der Waals surface area contributed by atoms with Gasteiger partial charge < -0.3 is 0 Å². The molecule has 2 heterocycles. The van der Waals surface area contributed by atoms with Crippen LogP contribution in [0.25, 0.3) is 22.2 Å². The number of fused-ring (bicyclic) bond motifs is 2. The van der Waals surface area contributed by atoms with Crippen LogP contribution in [0.15, 0.2) is 103 Å². The van der Waals surface area contributed by atoms with Crippen molar-refractivity contribution in [2.45, 2.75) is 41.5 Å². The number of hydrogen-bond acceptors (Lipinski definition) is 2. The molecule has 0 nitrogen and oxygen atoms in total. The van der Waals surface area contributed by atoms with E-state index in [1.165, 1.54) is 86.2 Å². The average Bonchev–Trinajstić information content (AvgIpc) is 3.58. The molecule has 0 spiro atoms. The summed E-state index contributed by atoms with van der Waals surface area (Å²) in [5.74, 6) is 0. The molecule has 0 N–H and O–H groups in total.